The highest BCUT2D eigenvalue weighted by Gasteiger charge is 2.27. The topological polar surface area (TPSA) is 120 Å². The normalized spacial score (nSPS) is 11.2. The number of aromatic nitrogens is 2. The van der Waals surface area contributed by atoms with Gasteiger partial charge < -0.3 is 15.2 Å². The van der Waals surface area contributed by atoms with Gasteiger partial charge >= 0.3 is 12.3 Å². The summed E-state index contributed by atoms with van der Waals surface area (Å²) in [6, 6.07) is 5.39. The summed E-state index contributed by atoms with van der Waals surface area (Å²) < 4.78 is 36.1. The van der Waals surface area contributed by atoms with Crippen LogP contribution >= 0.6 is 0 Å². The summed E-state index contributed by atoms with van der Waals surface area (Å²) in [7, 11) is 1.39. The van der Waals surface area contributed by atoms with Gasteiger partial charge in [0.25, 0.3) is 11.5 Å². The van der Waals surface area contributed by atoms with Crippen molar-refractivity contribution in [1.82, 2.24) is 9.55 Å². The van der Waals surface area contributed by atoms with Crippen molar-refractivity contribution in [2.75, 3.05) is 30.9 Å². The highest BCUT2D eigenvalue weighted by molar-refractivity contribution is 6.08. The number of benzene rings is 1. The van der Waals surface area contributed by atoms with Crippen LogP contribution in [-0.2, 0) is 11.3 Å². The first-order valence-corrected chi connectivity index (χ1v) is 9.14. The van der Waals surface area contributed by atoms with Gasteiger partial charge in [0.1, 0.15) is 11.6 Å². The van der Waals surface area contributed by atoms with Crippen molar-refractivity contribution in [2.24, 2.45) is 5.92 Å². The van der Waals surface area contributed by atoms with E-state index in [1.807, 2.05) is 13.8 Å². The first-order valence-electron chi connectivity index (χ1n) is 9.14. The summed E-state index contributed by atoms with van der Waals surface area (Å²) >= 11 is 0. The number of halogens is 2. The molecule has 0 aliphatic heterocycles. The third-order valence-corrected chi connectivity index (χ3v) is 4.13. The molecule has 11 heteroatoms. The number of para-hydroxylation sites is 1. The molecular formula is C19H24F2N4O5. The number of hydrogen-bond acceptors (Lipinski definition) is 6. The number of H-pyrrole nitrogens is 1. The van der Waals surface area contributed by atoms with Gasteiger partial charge in [-0.1, -0.05) is 26.0 Å². The van der Waals surface area contributed by atoms with E-state index < -0.39 is 23.8 Å². The molecule has 0 unspecified atom stereocenters. The molecule has 164 valence electrons. The fraction of sp³-hybridized carbons (Fsp3) is 0.421. The molecule has 0 bridgehead atoms. The monoisotopic (exact) mass is 426 g/mol. The summed E-state index contributed by atoms with van der Waals surface area (Å²) in [5.41, 5.74) is 4.03. The van der Waals surface area contributed by atoms with Gasteiger partial charge in [0.15, 0.2) is 5.69 Å². The molecule has 0 atom stereocenters. The number of aromatic amines is 1. The first kappa shape index (κ1) is 23.1. The van der Waals surface area contributed by atoms with Gasteiger partial charge in [-0.2, -0.15) is 8.78 Å². The molecule has 1 aromatic carbocycles. The Kier molecular flexibility index (Phi) is 7.70. The van der Waals surface area contributed by atoms with E-state index in [0.29, 0.717) is 0 Å². The maximum Gasteiger partial charge on any atom is 0.387 e. The van der Waals surface area contributed by atoms with E-state index in [1.165, 1.54) is 31.4 Å². The van der Waals surface area contributed by atoms with E-state index in [4.69, 9.17) is 10.5 Å². The van der Waals surface area contributed by atoms with Gasteiger partial charge in [-0.05, 0) is 18.1 Å². The molecule has 0 aliphatic carbocycles. The van der Waals surface area contributed by atoms with E-state index in [0.717, 1.165) is 9.47 Å². The number of nitrogen functional groups attached to an aromatic ring is 1. The SMILES string of the molecule is COCCN(C(=O)c1ccccc1OC(F)F)c1c(N)n(CC(C)C)c(=O)[nH]c1=O. The third-order valence-electron chi connectivity index (χ3n) is 4.13. The molecule has 9 nitrogen and oxygen atoms in total. The lowest BCUT2D eigenvalue weighted by Crippen LogP contribution is -2.43. The highest BCUT2D eigenvalue weighted by atomic mass is 19.3. The predicted molar refractivity (Wildman–Crippen MR) is 107 cm³/mol. The number of ether oxygens (including phenoxy) is 2. The minimum Gasteiger partial charge on any atom is -0.434 e. The Balaban J connectivity index is 2.63. The summed E-state index contributed by atoms with van der Waals surface area (Å²) in [4.78, 5) is 41.1. The summed E-state index contributed by atoms with van der Waals surface area (Å²) in [6.45, 7) is 0.654. The second kappa shape index (κ2) is 10.0. The number of carbonyl (C=O) groups excluding carboxylic acids is 1. The highest BCUT2D eigenvalue weighted by Crippen LogP contribution is 2.25. The number of methoxy groups -OCH3 is 1. The van der Waals surface area contributed by atoms with Crippen LogP contribution in [0.25, 0.3) is 0 Å². The Morgan fingerprint density at radius 2 is 1.93 bits per heavy atom. The van der Waals surface area contributed by atoms with Crippen LogP contribution < -0.4 is 26.6 Å². The molecule has 2 aromatic rings. The summed E-state index contributed by atoms with van der Waals surface area (Å²) in [5.74, 6) is -1.36. The van der Waals surface area contributed by atoms with Crippen molar-refractivity contribution in [3.63, 3.8) is 0 Å². The Hall–Kier alpha value is -3.21. The predicted octanol–water partition coefficient (Wildman–Crippen LogP) is 1.67. The lowest BCUT2D eigenvalue weighted by Gasteiger charge is -2.25. The quantitative estimate of drug-likeness (QED) is 0.630. The number of nitrogens with zero attached hydrogens (tertiary/aromatic N) is 2. The average molecular weight is 426 g/mol. The Morgan fingerprint density at radius 1 is 1.27 bits per heavy atom. The molecule has 0 aliphatic rings. The van der Waals surface area contributed by atoms with E-state index in [1.54, 1.807) is 0 Å². The number of rotatable bonds is 9. The van der Waals surface area contributed by atoms with Crippen molar-refractivity contribution in [2.45, 2.75) is 27.0 Å². The van der Waals surface area contributed by atoms with Gasteiger partial charge in [0.05, 0.1) is 12.2 Å². The number of anilines is 2. The molecule has 30 heavy (non-hydrogen) atoms. The molecule has 0 radical (unpaired) electrons. The minimum absolute atomic E-state index is 0.0196. The Labute approximate surface area is 171 Å². The largest absolute Gasteiger partial charge is 0.434 e. The third kappa shape index (κ3) is 5.23. The van der Waals surface area contributed by atoms with E-state index >= 15 is 0 Å². The van der Waals surface area contributed by atoms with E-state index in [2.05, 4.69) is 9.72 Å². The second-order valence-electron chi connectivity index (χ2n) is 6.82. The van der Waals surface area contributed by atoms with Gasteiger partial charge in [-0.25, -0.2) is 4.79 Å². The smallest absolute Gasteiger partial charge is 0.387 e. The molecule has 0 saturated heterocycles. The van der Waals surface area contributed by atoms with Crippen LogP contribution in [0, 0.1) is 5.92 Å². The van der Waals surface area contributed by atoms with Gasteiger partial charge in [0.2, 0.25) is 0 Å². The van der Waals surface area contributed by atoms with Crippen molar-refractivity contribution in [3.8, 4) is 5.75 Å². The van der Waals surface area contributed by atoms with Crippen LogP contribution in [0.15, 0.2) is 33.9 Å². The van der Waals surface area contributed by atoms with E-state index in [-0.39, 0.29) is 48.4 Å². The summed E-state index contributed by atoms with van der Waals surface area (Å²) in [6.07, 6.45) is 0. The fourth-order valence-corrected chi connectivity index (χ4v) is 2.87. The second-order valence-corrected chi connectivity index (χ2v) is 6.82. The molecule has 1 aromatic heterocycles. The number of nitrogens with two attached hydrogens (primary N) is 1. The number of amides is 1. The Morgan fingerprint density at radius 3 is 2.53 bits per heavy atom. The zero-order chi connectivity index (χ0) is 22.4. The molecule has 0 saturated carbocycles. The van der Waals surface area contributed by atoms with Crippen LogP contribution in [0.3, 0.4) is 0 Å². The van der Waals surface area contributed by atoms with Gasteiger partial charge in [-0.3, -0.25) is 24.0 Å². The minimum atomic E-state index is -3.15. The molecule has 0 spiro atoms. The lowest BCUT2D eigenvalue weighted by molar-refractivity contribution is -0.0501. The van der Waals surface area contributed by atoms with Crippen molar-refractivity contribution >= 4 is 17.4 Å². The molecule has 3 N–H and O–H groups in total. The number of nitrogens with one attached hydrogen (secondary N) is 1. The van der Waals surface area contributed by atoms with Crippen LogP contribution in [-0.4, -0.2) is 42.3 Å². The van der Waals surface area contributed by atoms with Crippen LogP contribution in [0.5, 0.6) is 5.75 Å². The number of alkyl halides is 2. The standard InChI is InChI=1S/C19H24F2N4O5/c1-11(2)10-25-15(22)14(16(26)23-19(25)28)24(8-9-29-3)17(27)12-6-4-5-7-13(12)30-18(20)21/h4-7,11,18H,8-10,22H2,1-3H3,(H,23,26,28). The van der Waals surface area contributed by atoms with Crippen LogP contribution in [0.2, 0.25) is 0 Å². The average Bonchev–Trinajstić information content (AvgIpc) is 2.67. The Bertz CT molecular complexity index is 1000. The van der Waals surface area contributed by atoms with E-state index in [9.17, 15) is 23.2 Å². The molecule has 1 amide bonds. The molecule has 2 rings (SSSR count). The van der Waals surface area contributed by atoms with Crippen molar-refractivity contribution < 1.29 is 23.0 Å². The van der Waals surface area contributed by atoms with Gasteiger partial charge in [-0.15, -0.1) is 0 Å². The zero-order valence-corrected chi connectivity index (χ0v) is 16.9. The van der Waals surface area contributed by atoms with Gasteiger partial charge in [0, 0.05) is 20.2 Å². The van der Waals surface area contributed by atoms with Crippen LogP contribution in [0.4, 0.5) is 20.3 Å². The molecule has 1 heterocycles. The summed E-state index contributed by atoms with van der Waals surface area (Å²) in [5, 5.41) is 0. The van der Waals surface area contributed by atoms with Crippen molar-refractivity contribution in [1.29, 1.82) is 0 Å². The fourth-order valence-electron chi connectivity index (χ4n) is 2.87. The van der Waals surface area contributed by atoms with Crippen molar-refractivity contribution in [3.05, 3.63) is 50.7 Å². The molecular weight excluding hydrogens is 402 g/mol. The maximum absolute atomic E-state index is 13.2. The first-order chi connectivity index (χ1) is 14.2. The van der Waals surface area contributed by atoms with Crippen LogP contribution in [0.1, 0.15) is 24.2 Å². The zero-order valence-electron chi connectivity index (χ0n) is 16.9. The maximum atomic E-state index is 13.2. The molecule has 0 fully saturated rings. The lowest BCUT2D eigenvalue weighted by atomic mass is 10.1. The number of hydrogen-bond donors (Lipinski definition) is 2. The number of carbonyl (C=O) groups is 1.